The van der Waals surface area contributed by atoms with Gasteiger partial charge in [-0.2, -0.15) is 0 Å². The number of benzene rings is 1. The van der Waals surface area contributed by atoms with Gasteiger partial charge < -0.3 is 21.1 Å². The van der Waals surface area contributed by atoms with Gasteiger partial charge in [0.2, 0.25) is 0 Å². The Hall–Kier alpha value is -1.11. The highest BCUT2D eigenvalue weighted by atomic mass is 79.9. The third kappa shape index (κ3) is 2.28. The van der Waals surface area contributed by atoms with Crippen LogP contribution in [-0.4, -0.2) is 27.9 Å². The summed E-state index contributed by atoms with van der Waals surface area (Å²) in [6.07, 6.45) is 0. The number of hydrogen-bond donors (Lipinski definition) is 4. The van der Waals surface area contributed by atoms with Crippen LogP contribution in [0.15, 0.2) is 16.6 Å². The van der Waals surface area contributed by atoms with Crippen molar-refractivity contribution in [1.29, 1.82) is 0 Å². The fourth-order valence-electron chi connectivity index (χ4n) is 1.20. The molecule has 0 unspecified atom stereocenters. The van der Waals surface area contributed by atoms with E-state index in [9.17, 15) is 9.90 Å². The molecule has 5 nitrogen and oxygen atoms in total. The first kappa shape index (κ1) is 12.0. The Balaban J connectivity index is 3.36. The minimum Gasteiger partial charge on any atom is -0.507 e. The Kier molecular flexibility index (Phi) is 3.67. The summed E-state index contributed by atoms with van der Waals surface area (Å²) in [6, 6.07) is 1.90. The third-order valence-corrected chi connectivity index (χ3v) is 2.65. The number of aromatic carboxylic acids is 1. The minimum atomic E-state index is -1.24. The summed E-state index contributed by atoms with van der Waals surface area (Å²) in [5.74, 6) is -1.66. The van der Waals surface area contributed by atoms with Crippen molar-refractivity contribution in [3.63, 3.8) is 0 Å². The average Bonchev–Trinajstić information content (AvgIpc) is 2.16. The van der Waals surface area contributed by atoms with Gasteiger partial charge in [0.05, 0.1) is 12.6 Å². The molecule has 1 aromatic carbocycles. The highest BCUT2D eigenvalue weighted by molar-refractivity contribution is 9.10. The molecule has 0 aliphatic carbocycles. The van der Waals surface area contributed by atoms with E-state index in [1.807, 2.05) is 0 Å². The van der Waals surface area contributed by atoms with Crippen LogP contribution in [0.1, 0.15) is 22.0 Å². The second-order valence-electron chi connectivity index (χ2n) is 2.95. The molecule has 0 bridgehead atoms. The van der Waals surface area contributed by atoms with Crippen LogP contribution in [0, 0.1) is 0 Å². The van der Waals surface area contributed by atoms with Crippen molar-refractivity contribution in [3.05, 3.63) is 27.7 Å². The molecule has 1 aromatic rings. The molecule has 15 heavy (non-hydrogen) atoms. The molecule has 6 heteroatoms. The highest BCUT2D eigenvalue weighted by Gasteiger charge is 2.20. The molecule has 0 amide bonds. The SMILES string of the molecule is N[C@H](CO)c1c(Br)ccc(C(=O)O)c1O. The van der Waals surface area contributed by atoms with E-state index in [0.717, 1.165) is 0 Å². The normalized spacial score (nSPS) is 12.5. The van der Waals surface area contributed by atoms with Gasteiger partial charge in [-0.3, -0.25) is 0 Å². The molecule has 0 aliphatic heterocycles. The van der Waals surface area contributed by atoms with Gasteiger partial charge >= 0.3 is 5.97 Å². The van der Waals surface area contributed by atoms with E-state index in [-0.39, 0.29) is 17.7 Å². The van der Waals surface area contributed by atoms with Crippen LogP contribution < -0.4 is 5.73 Å². The van der Waals surface area contributed by atoms with E-state index in [2.05, 4.69) is 15.9 Å². The van der Waals surface area contributed by atoms with Crippen LogP contribution in [0.4, 0.5) is 0 Å². The molecular weight excluding hydrogens is 266 g/mol. The first-order chi connectivity index (χ1) is 6.99. The van der Waals surface area contributed by atoms with Crippen LogP contribution in [0.2, 0.25) is 0 Å². The van der Waals surface area contributed by atoms with Crippen LogP contribution in [0.5, 0.6) is 5.75 Å². The largest absolute Gasteiger partial charge is 0.507 e. The zero-order valence-corrected chi connectivity index (χ0v) is 9.23. The quantitative estimate of drug-likeness (QED) is 0.655. The number of aromatic hydroxyl groups is 1. The number of carbonyl (C=O) groups is 1. The molecule has 0 aliphatic rings. The molecule has 0 spiro atoms. The van der Waals surface area contributed by atoms with Crippen molar-refractivity contribution < 1.29 is 20.1 Å². The van der Waals surface area contributed by atoms with Gasteiger partial charge in [0.15, 0.2) is 0 Å². The van der Waals surface area contributed by atoms with Crippen LogP contribution in [0.25, 0.3) is 0 Å². The molecule has 0 saturated carbocycles. The van der Waals surface area contributed by atoms with Gasteiger partial charge in [-0.1, -0.05) is 15.9 Å². The average molecular weight is 276 g/mol. The first-order valence-electron chi connectivity index (χ1n) is 4.10. The Bertz CT molecular complexity index is 394. The van der Waals surface area contributed by atoms with Gasteiger partial charge in [-0.15, -0.1) is 0 Å². The molecule has 82 valence electrons. The number of aliphatic hydroxyl groups excluding tert-OH is 1. The smallest absolute Gasteiger partial charge is 0.339 e. The molecule has 0 fully saturated rings. The summed E-state index contributed by atoms with van der Waals surface area (Å²) < 4.78 is 0.464. The summed E-state index contributed by atoms with van der Waals surface area (Å²) in [4.78, 5) is 10.7. The maximum Gasteiger partial charge on any atom is 0.339 e. The summed E-state index contributed by atoms with van der Waals surface area (Å²) in [5.41, 5.74) is 5.49. The van der Waals surface area contributed by atoms with Crippen molar-refractivity contribution in [2.45, 2.75) is 6.04 Å². The van der Waals surface area contributed by atoms with E-state index in [1.54, 1.807) is 0 Å². The number of rotatable bonds is 3. The van der Waals surface area contributed by atoms with E-state index in [1.165, 1.54) is 12.1 Å². The number of carboxylic acids is 1. The second-order valence-corrected chi connectivity index (χ2v) is 3.81. The molecule has 0 radical (unpaired) electrons. The van der Waals surface area contributed by atoms with E-state index < -0.39 is 17.8 Å². The van der Waals surface area contributed by atoms with Gasteiger partial charge in [0, 0.05) is 10.0 Å². The zero-order chi connectivity index (χ0) is 11.6. The van der Waals surface area contributed by atoms with Crippen molar-refractivity contribution in [1.82, 2.24) is 0 Å². The molecule has 0 aromatic heterocycles. The highest BCUT2D eigenvalue weighted by Crippen LogP contribution is 2.33. The zero-order valence-electron chi connectivity index (χ0n) is 7.64. The second kappa shape index (κ2) is 4.61. The predicted octanol–water partition coefficient (Wildman–Crippen LogP) is 0.845. The minimum absolute atomic E-state index is 0.192. The first-order valence-corrected chi connectivity index (χ1v) is 4.89. The van der Waals surface area contributed by atoms with Crippen molar-refractivity contribution in [2.24, 2.45) is 5.73 Å². The Morgan fingerprint density at radius 3 is 2.60 bits per heavy atom. The molecule has 1 atom stereocenters. The Morgan fingerprint density at radius 2 is 2.13 bits per heavy atom. The van der Waals surface area contributed by atoms with E-state index in [4.69, 9.17) is 15.9 Å². The topological polar surface area (TPSA) is 104 Å². The Morgan fingerprint density at radius 1 is 1.53 bits per heavy atom. The van der Waals surface area contributed by atoms with Gasteiger partial charge in [-0.25, -0.2) is 4.79 Å². The third-order valence-electron chi connectivity index (χ3n) is 1.96. The number of carboxylic acid groups (broad SMARTS) is 1. The number of nitrogens with two attached hydrogens (primary N) is 1. The van der Waals surface area contributed by atoms with Gasteiger partial charge in [0.25, 0.3) is 0 Å². The maximum atomic E-state index is 10.7. The summed E-state index contributed by atoms with van der Waals surface area (Å²) in [5, 5.41) is 27.3. The molecule has 1 rings (SSSR count). The van der Waals surface area contributed by atoms with Gasteiger partial charge in [0.1, 0.15) is 11.3 Å². The monoisotopic (exact) mass is 275 g/mol. The molecular formula is C9H10BrNO4. The number of aliphatic hydroxyl groups is 1. The lowest BCUT2D eigenvalue weighted by Gasteiger charge is -2.14. The van der Waals surface area contributed by atoms with Gasteiger partial charge in [-0.05, 0) is 12.1 Å². The lowest BCUT2D eigenvalue weighted by atomic mass is 10.0. The predicted molar refractivity (Wildman–Crippen MR) is 56.8 cm³/mol. The van der Waals surface area contributed by atoms with E-state index in [0.29, 0.717) is 4.47 Å². The number of phenols is 1. The standard InChI is InChI=1S/C9H10BrNO4/c10-5-2-1-4(9(14)15)8(13)7(5)6(11)3-12/h1-2,6,12-13H,3,11H2,(H,14,15)/t6-/m1/s1. The Labute approximate surface area is 94.3 Å². The molecule has 5 N–H and O–H groups in total. The van der Waals surface area contributed by atoms with Crippen molar-refractivity contribution in [3.8, 4) is 5.75 Å². The molecule has 0 heterocycles. The van der Waals surface area contributed by atoms with Crippen LogP contribution in [0.3, 0.4) is 0 Å². The van der Waals surface area contributed by atoms with Crippen LogP contribution >= 0.6 is 15.9 Å². The maximum absolute atomic E-state index is 10.7. The lowest BCUT2D eigenvalue weighted by Crippen LogP contribution is -2.16. The molecule has 0 saturated heterocycles. The van der Waals surface area contributed by atoms with Crippen LogP contribution in [-0.2, 0) is 0 Å². The number of hydrogen-bond acceptors (Lipinski definition) is 4. The summed E-state index contributed by atoms with van der Waals surface area (Å²) in [7, 11) is 0. The number of halogens is 1. The fourth-order valence-corrected chi connectivity index (χ4v) is 1.81. The summed E-state index contributed by atoms with van der Waals surface area (Å²) >= 11 is 3.13. The fraction of sp³-hybridized carbons (Fsp3) is 0.222. The van der Waals surface area contributed by atoms with E-state index >= 15 is 0 Å². The summed E-state index contributed by atoms with van der Waals surface area (Å²) in [6.45, 7) is -0.380. The van der Waals surface area contributed by atoms with Crippen molar-refractivity contribution in [2.75, 3.05) is 6.61 Å². The van der Waals surface area contributed by atoms with Crippen molar-refractivity contribution >= 4 is 21.9 Å². The lowest BCUT2D eigenvalue weighted by molar-refractivity contribution is 0.0693.